The second-order valence-corrected chi connectivity index (χ2v) is 7.59. The second-order valence-electron chi connectivity index (χ2n) is 7.59. The monoisotopic (exact) mass is 385 g/mol. The van der Waals surface area contributed by atoms with Gasteiger partial charge < -0.3 is 19.1 Å². The van der Waals surface area contributed by atoms with Gasteiger partial charge in [-0.25, -0.2) is 9.59 Å². The molecule has 2 fully saturated rings. The van der Waals surface area contributed by atoms with Crippen LogP contribution in [0.4, 0.5) is 0 Å². The Balaban J connectivity index is 1.76. The molecule has 2 heterocycles. The lowest BCUT2D eigenvalue weighted by Crippen LogP contribution is -2.50. The van der Waals surface area contributed by atoms with E-state index in [1.165, 1.54) is 14.2 Å². The van der Waals surface area contributed by atoms with Crippen molar-refractivity contribution >= 4 is 17.8 Å². The Labute approximate surface area is 163 Å². The van der Waals surface area contributed by atoms with Crippen molar-refractivity contribution in [2.24, 2.45) is 5.41 Å². The van der Waals surface area contributed by atoms with Crippen molar-refractivity contribution in [1.82, 2.24) is 4.90 Å². The van der Waals surface area contributed by atoms with E-state index in [0.717, 1.165) is 12.0 Å². The van der Waals surface area contributed by atoms with Crippen molar-refractivity contribution in [2.45, 2.75) is 31.4 Å². The minimum absolute atomic E-state index is 0.113. The molecule has 1 aromatic rings. The Morgan fingerprint density at radius 1 is 1.11 bits per heavy atom. The summed E-state index contributed by atoms with van der Waals surface area (Å²) in [5.41, 5.74) is -0.749. The Morgan fingerprint density at radius 2 is 1.75 bits per heavy atom. The molecule has 2 saturated heterocycles. The highest BCUT2D eigenvalue weighted by atomic mass is 16.6. The van der Waals surface area contributed by atoms with Gasteiger partial charge in [-0.3, -0.25) is 4.79 Å². The fraction of sp³-hybridized carbons (Fsp3) is 0.476. The molecule has 0 N–H and O–H groups in total. The zero-order chi connectivity index (χ0) is 19.9. The van der Waals surface area contributed by atoms with Gasteiger partial charge in [0, 0.05) is 19.5 Å². The number of esters is 2. The van der Waals surface area contributed by atoms with Gasteiger partial charge in [-0.15, -0.1) is 0 Å². The van der Waals surface area contributed by atoms with E-state index < -0.39 is 23.0 Å². The summed E-state index contributed by atoms with van der Waals surface area (Å²) < 4.78 is 15.5. The van der Waals surface area contributed by atoms with Gasteiger partial charge in [-0.05, 0) is 18.4 Å². The average molecular weight is 385 g/mol. The largest absolute Gasteiger partial charge is 0.466 e. The first-order valence-electron chi connectivity index (χ1n) is 9.36. The average Bonchev–Trinajstić information content (AvgIpc) is 3.41. The third-order valence-corrected chi connectivity index (χ3v) is 5.99. The van der Waals surface area contributed by atoms with E-state index in [1.807, 2.05) is 30.3 Å². The number of likely N-dealkylation sites (tertiary alicyclic amines) is 1. The zero-order valence-corrected chi connectivity index (χ0v) is 16.0. The first-order chi connectivity index (χ1) is 13.5. The molecule has 2 atom stereocenters. The van der Waals surface area contributed by atoms with E-state index in [2.05, 4.69) is 0 Å². The first kappa shape index (κ1) is 18.7. The molecule has 4 rings (SSSR count). The summed E-state index contributed by atoms with van der Waals surface area (Å²) in [5.74, 6) is -1.46. The molecule has 7 nitrogen and oxygen atoms in total. The van der Waals surface area contributed by atoms with Crippen LogP contribution < -0.4 is 0 Å². The van der Waals surface area contributed by atoms with Crippen LogP contribution in [0.2, 0.25) is 0 Å². The molecule has 1 aliphatic carbocycles. The maximum absolute atomic E-state index is 13.6. The molecule has 0 bridgehead atoms. The van der Waals surface area contributed by atoms with Gasteiger partial charge >= 0.3 is 11.9 Å². The van der Waals surface area contributed by atoms with Crippen LogP contribution in [0.25, 0.3) is 0 Å². The number of nitrogens with zero attached hydrogens (tertiary/aromatic N) is 1. The minimum atomic E-state index is -1.11. The molecule has 1 amide bonds. The number of hydrogen-bond acceptors (Lipinski definition) is 6. The van der Waals surface area contributed by atoms with Crippen LogP contribution in [-0.2, 0) is 35.1 Å². The molecule has 7 heteroatoms. The quantitative estimate of drug-likeness (QED) is 0.578. The van der Waals surface area contributed by atoms with Gasteiger partial charge in [-0.1, -0.05) is 30.3 Å². The highest BCUT2D eigenvalue weighted by Gasteiger charge is 2.69. The number of amides is 1. The normalized spacial score (nSPS) is 28.8. The Morgan fingerprint density at radius 3 is 2.36 bits per heavy atom. The van der Waals surface area contributed by atoms with Crippen LogP contribution in [-0.4, -0.2) is 55.7 Å². The maximum atomic E-state index is 13.6. The van der Waals surface area contributed by atoms with Crippen LogP contribution in [0.5, 0.6) is 0 Å². The van der Waals surface area contributed by atoms with Gasteiger partial charge in [0.2, 0.25) is 5.91 Å². The van der Waals surface area contributed by atoms with Crippen molar-refractivity contribution in [3.63, 3.8) is 0 Å². The standard InChI is InChI=1S/C21H23NO6/c1-26-17(23)15-16(18(24)27-2)21(13-28-21)12-20(15)9-6-10-22(19(20)25)11-14-7-4-3-5-8-14/h3-5,7-8H,6,9-13H2,1-2H3. The van der Waals surface area contributed by atoms with Crippen molar-refractivity contribution < 1.29 is 28.6 Å². The van der Waals surface area contributed by atoms with Crippen LogP contribution in [0.3, 0.4) is 0 Å². The van der Waals surface area contributed by atoms with Gasteiger partial charge in [0.15, 0.2) is 0 Å². The van der Waals surface area contributed by atoms with Crippen LogP contribution >= 0.6 is 0 Å². The molecule has 0 radical (unpaired) electrons. The number of rotatable bonds is 4. The summed E-state index contributed by atoms with van der Waals surface area (Å²) in [7, 11) is 2.52. The maximum Gasteiger partial charge on any atom is 0.337 e. The van der Waals surface area contributed by atoms with Crippen molar-refractivity contribution in [2.75, 3.05) is 27.4 Å². The van der Waals surface area contributed by atoms with Crippen molar-refractivity contribution in [3.05, 3.63) is 47.0 Å². The molecule has 2 spiro atoms. The Kier molecular flexibility index (Phi) is 4.50. The fourth-order valence-corrected chi connectivity index (χ4v) is 4.69. The summed E-state index contributed by atoms with van der Waals surface area (Å²) in [6.45, 7) is 1.36. The lowest BCUT2D eigenvalue weighted by molar-refractivity contribution is -0.149. The molecule has 0 saturated carbocycles. The molecule has 2 aliphatic heterocycles. The molecule has 28 heavy (non-hydrogen) atoms. The first-order valence-corrected chi connectivity index (χ1v) is 9.36. The molecule has 2 unspecified atom stereocenters. The van der Waals surface area contributed by atoms with Crippen LogP contribution in [0, 0.1) is 5.41 Å². The van der Waals surface area contributed by atoms with E-state index in [-0.39, 0.29) is 23.5 Å². The van der Waals surface area contributed by atoms with E-state index in [0.29, 0.717) is 26.1 Å². The van der Waals surface area contributed by atoms with Crippen LogP contribution in [0.15, 0.2) is 41.5 Å². The smallest absolute Gasteiger partial charge is 0.337 e. The number of carbonyl (C=O) groups excluding carboxylic acids is 3. The van der Waals surface area contributed by atoms with Gasteiger partial charge in [0.25, 0.3) is 0 Å². The molecule has 148 valence electrons. The number of hydrogen-bond donors (Lipinski definition) is 0. The molecular weight excluding hydrogens is 362 g/mol. The van der Waals surface area contributed by atoms with Crippen molar-refractivity contribution in [1.29, 1.82) is 0 Å². The predicted molar refractivity (Wildman–Crippen MR) is 97.9 cm³/mol. The molecular formula is C21H23NO6. The predicted octanol–water partition coefficient (Wildman–Crippen LogP) is 1.61. The summed E-state index contributed by atoms with van der Waals surface area (Å²) in [6.07, 6.45) is 1.48. The Bertz CT molecular complexity index is 857. The van der Waals surface area contributed by atoms with E-state index >= 15 is 0 Å². The highest BCUT2D eigenvalue weighted by Crippen LogP contribution is 2.60. The van der Waals surface area contributed by atoms with E-state index in [1.54, 1.807) is 4.90 Å². The summed E-state index contributed by atoms with van der Waals surface area (Å²) in [4.78, 5) is 40.6. The number of carbonyl (C=O) groups is 3. The third kappa shape index (κ3) is 2.73. The number of ether oxygens (including phenoxy) is 3. The summed E-state index contributed by atoms with van der Waals surface area (Å²) >= 11 is 0. The minimum Gasteiger partial charge on any atom is -0.466 e. The van der Waals surface area contributed by atoms with Gasteiger partial charge in [0.1, 0.15) is 5.60 Å². The number of benzene rings is 1. The topological polar surface area (TPSA) is 85.4 Å². The number of piperidine rings is 1. The molecule has 0 aromatic heterocycles. The lowest BCUT2D eigenvalue weighted by atomic mass is 9.72. The fourth-order valence-electron chi connectivity index (χ4n) is 4.69. The highest BCUT2D eigenvalue weighted by molar-refractivity contribution is 6.10. The number of methoxy groups -OCH3 is 2. The summed E-state index contributed by atoms with van der Waals surface area (Å²) in [5, 5.41) is 0. The second kappa shape index (κ2) is 6.74. The SMILES string of the molecule is COC(=O)C1=C(C(=O)OC)C2(CCCN(Cc3ccccc3)C2=O)CC12CO2. The van der Waals surface area contributed by atoms with Gasteiger partial charge in [0.05, 0.1) is 37.4 Å². The third-order valence-electron chi connectivity index (χ3n) is 5.99. The van der Waals surface area contributed by atoms with E-state index in [9.17, 15) is 14.4 Å². The van der Waals surface area contributed by atoms with Crippen LogP contribution in [0.1, 0.15) is 24.8 Å². The zero-order valence-electron chi connectivity index (χ0n) is 16.0. The Hall–Kier alpha value is -2.67. The lowest BCUT2D eigenvalue weighted by Gasteiger charge is -2.40. The van der Waals surface area contributed by atoms with Crippen molar-refractivity contribution in [3.8, 4) is 0 Å². The number of epoxide rings is 1. The summed E-state index contributed by atoms with van der Waals surface area (Å²) in [6, 6.07) is 9.71. The molecule has 3 aliphatic rings. The van der Waals surface area contributed by atoms with E-state index in [4.69, 9.17) is 14.2 Å². The van der Waals surface area contributed by atoms with Gasteiger partial charge in [-0.2, -0.15) is 0 Å². The molecule has 1 aromatic carbocycles.